The van der Waals surface area contributed by atoms with Gasteiger partial charge in [0.1, 0.15) is 5.82 Å². The lowest BCUT2D eigenvalue weighted by Gasteiger charge is -2.07. The number of nitrogens with zero attached hydrogens (tertiary/aromatic N) is 1. The molecule has 0 aliphatic carbocycles. The number of hydrogen-bond acceptors (Lipinski definition) is 4. The fraction of sp³-hybridized carbons (Fsp3) is 0.417. The monoisotopic (exact) mass is 285 g/mol. The van der Waals surface area contributed by atoms with Gasteiger partial charge in [-0.15, -0.1) is 0 Å². The lowest BCUT2D eigenvalue weighted by molar-refractivity contribution is -0.120. The molecule has 0 bridgehead atoms. The standard InChI is InChI=1S/C12H16ClN3O3/c1-2-4-15-11(17)3-5-14-10-6-8(12(18)19)9(13)7-16-10/h6-7H,2-5H2,1H3,(H,14,16)(H,15,17)(H,18,19). The van der Waals surface area contributed by atoms with E-state index in [0.717, 1.165) is 6.42 Å². The van der Waals surface area contributed by atoms with Crippen molar-refractivity contribution in [2.45, 2.75) is 19.8 Å². The first-order chi connectivity index (χ1) is 9.04. The SMILES string of the molecule is CCCNC(=O)CCNc1cc(C(=O)O)c(Cl)cn1. The molecule has 1 aromatic heterocycles. The third-order valence-electron chi connectivity index (χ3n) is 2.32. The summed E-state index contributed by atoms with van der Waals surface area (Å²) in [5.74, 6) is -0.789. The van der Waals surface area contributed by atoms with E-state index in [1.807, 2.05) is 6.92 Å². The highest BCUT2D eigenvalue weighted by Crippen LogP contribution is 2.17. The minimum atomic E-state index is -1.11. The first-order valence-corrected chi connectivity index (χ1v) is 6.31. The number of anilines is 1. The van der Waals surface area contributed by atoms with Gasteiger partial charge in [0, 0.05) is 25.7 Å². The third kappa shape index (κ3) is 5.13. The number of hydrogen-bond donors (Lipinski definition) is 3. The van der Waals surface area contributed by atoms with Crippen molar-refractivity contribution in [3.05, 3.63) is 22.8 Å². The molecule has 19 heavy (non-hydrogen) atoms. The molecule has 1 amide bonds. The number of nitrogens with one attached hydrogen (secondary N) is 2. The van der Waals surface area contributed by atoms with Crippen LogP contribution in [0.15, 0.2) is 12.3 Å². The molecule has 1 heterocycles. The van der Waals surface area contributed by atoms with Gasteiger partial charge in [-0.05, 0) is 12.5 Å². The summed E-state index contributed by atoms with van der Waals surface area (Å²) < 4.78 is 0. The summed E-state index contributed by atoms with van der Waals surface area (Å²) in [6.07, 6.45) is 2.46. The number of aromatic carboxylic acids is 1. The van der Waals surface area contributed by atoms with Crippen LogP contribution in [0.5, 0.6) is 0 Å². The van der Waals surface area contributed by atoms with Crippen LogP contribution in [0.3, 0.4) is 0 Å². The van der Waals surface area contributed by atoms with Crippen molar-refractivity contribution in [1.29, 1.82) is 0 Å². The van der Waals surface area contributed by atoms with Gasteiger partial charge in [-0.1, -0.05) is 18.5 Å². The minimum Gasteiger partial charge on any atom is -0.478 e. The molecule has 0 fully saturated rings. The van der Waals surface area contributed by atoms with Gasteiger partial charge in [0.15, 0.2) is 0 Å². The van der Waals surface area contributed by atoms with Crippen LogP contribution in [0.2, 0.25) is 5.02 Å². The van der Waals surface area contributed by atoms with Gasteiger partial charge in [-0.2, -0.15) is 0 Å². The molecule has 1 rings (SSSR count). The molecule has 0 atom stereocenters. The molecular formula is C12H16ClN3O3. The maximum atomic E-state index is 11.3. The van der Waals surface area contributed by atoms with Gasteiger partial charge in [-0.3, -0.25) is 4.79 Å². The topological polar surface area (TPSA) is 91.3 Å². The number of carbonyl (C=O) groups excluding carboxylic acids is 1. The van der Waals surface area contributed by atoms with E-state index in [4.69, 9.17) is 16.7 Å². The average molecular weight is 286 g/mol. The molecule has 0 radical (unpaired) electrons. The van der Waals surface area contributed by atoms with Crippen molar-refractivity contribution >= 4 is 29.3 Å². The van der Waals surface area contributed by atoms with Crippen molar-refractivity contribution < 1.29 is 14.7 Å². The Morgan fingerprint density at radius 2 is 2.16 bits per heavy atom. The Morgan fingerprint density at radius 1 is 1.42 bits per heavy atom. The van der Waals surface area contributed by atoms with Gasteiger partial charge in [0.2, 0.25) is 5.91 Å². The van der Waals surface area contributed by atoms with Crippen LogP contribution < -0.4 is 10.6 Å². The van der Waals surface area contributed by atoms with Crippen LogP contribution in [-0.4, -0.2) is 35.1 Å². The Bertz CT molecular complexity index is 466. The average Bonchev–Trinajstić information content (AvgIpc) is 2.38. The summed E-state index contributed by atoms with van der Waals surface area (Å²) >= 11 is 5.70. The van der Waals surface area contributed by atoms with Crippen LogP contribution in [0.4, 0.5) is 5.82 Å². The van der Waals surface area contributed by atoms with E-state index in [1.54, 1.807) is 0 Å². The fourth-order valence-electron chi connectivity index (χ4n) is 1.36. The van der Waals surface area contributed by atoms with Gasteiger partial charge in [0.25, 0.3) is 0 Å². The number of rotatable bonds is 7. The van der Waals surface area contributed by atoms with Gasteiger partial charge in [-0.25, -0.2) is 9.78 Å². The second-order valence-corrected chi connectivity index (χ2v) is 4.29. The van der Waals surface area contributed by atoms with Crippen LogP contribution in [0.25, 0.3) is 0 Å². The van der Waals surface area contributed by atoms with Crippen molar-refractivity contribution in [1.82, 2.24) is 10.3 Å². The first kappa shape index (κ1) is 15.2. The van der Waals surface area contributed by atoms with E-state index in [-0.39, 0.29) is 16.5 Å². The van der Waals surface area contributed by atoms with Crippen molar-refractivity contribution in [2.24, 2.45) is 0 Å². The van der Waals surface area contributed by atoms with Crippen molar-refractivity contribution in [3.63, 3.8) is 0 Å². The Kier molecular flexibility index (Phi) is 6.08. The minimum absolute atomic E-state index is 0.0189. The number of amides is 1. The van der Waals surface area contributed by atoms with Crippen LogP contribution in [0, 0.1) is 0 Å². The van der Waals surface area contributed by atoms with E-state index in [2.05, 4.69) is 15.6 Å². The molecule has 0 spiro atoms. The number of aromatic nitrogens is 1. The molecule has 0 saturated carbocycles. The maximum absolute atomic E-state index is 11.3. The highest BCUT2D eigenvalue weighted by atomic mass is 35.5. The molecule has 3 N–H and O–H groups in total. The summed E-state index contributed by atoms with van der Waals surface area (Å²) in [7, 11) is 0. The summed E-state index contributed by atoms with van der Waals surface area (Å²) in [5.41, 5.74) is -0.0189. The number of carboxylic acid groups (broad SMARTS) is 1. The molecule has 6 nitrogen and oxygen atoms in total. The molecule has 0 aliphatic heterocycles. The zero-order valence-electron chi connectivity index (χ0n) is 10.6. The Morgan fingerprint density at radius 3 is 2.79 bits per heavy atom. The summed E-state index contributed by atoms with van der Waals surface area (Å²) in [5, 5.41) is 14.6. The first-order valence-electron chi connectivity index (χ1n) is 5.94. The van der Waals surface area contributed by atoms with Crippen molar-refractivity contribution in [2.75, 3.05) is 18.4 Å². The molecule has 0 saturated heterocycles. The summed E-state index contributed by atoms with van der Waals surface area (Å²) in [6.45, 7) is 3.01. The molecule has 7 heteroatoms. The zero-order valence-corrected chi connectivity index (χ0v) is 11.3. The summed E-state index contributed by atoms with van der Waals surface area (Å²) in [4.78, 5) is 26.1. The van der Waals surface area contributed by atoms with Gasteiger partial charge < -0.3 is 15.7 Å². The second kappa shape index (κ2) is 7.58. The normalized spacial score (nSPS) is 10.0. The Hall–Kier alpha value is -1.82. The zero-order chi connectivity index (χ0) is 14.3. The van der Waals surface area contributed by atoms with Gasteiger partial charge >= 0.3 is 5.97 Å². The number of carbonyl (C=O) groups is 2. The predicted octanol–water partition coefficient (Wildman–Crippen LogP) is 1.76. The highest BCUT2D eigenvalue weighted by Gasteiger charge is 2.10. The molecule has 0 aromatic carbocycles. The van der Waals surface area contributed by atoms with E-state index in [1.165, 1.54) is 12.3 Å². The Labute approximate surface area is 116 Å². The van der Waals surface area contributed by atoms with Gasteiger partial charge in [0.05, 0.1) is 10.6 Å². The molecular weight excluding hydrogens is 270 g/mol. The Balaban J connectivity index is 2.48. The third-order valence-corrected chi connectivity index (χ3v) is 2.62. The number of carboxylic acids is 1. The molecule has 1 aromatic rings. The maximum Gasteiger partial charge on any atom is 0.337 e. The second-order valence-electron chi connectivity index (χ2n) is 3.88. The smallest absolute Gasteiger partial charge is 0.337 e. The van der Waals surface area contributed by atoms with Crippen molar-refractivity contribution in [3.8, 4) is 0 Å². The van der Waals surface area contributed by atoms with Crippen LogP contribution in [-0.2, 0) is 4.79 Å². The fourth-order valence-corrected chi connectivity index (χ4v) is 1.54. The van der Waals surface area contributed by atoms with E-state index < -0.39 is 5.97 Å². The molecule has 0 aliphatic rings. The molecule has 104 valence electrons. The highest BCUT2D eigenvalue weighted by molar-refractivity contribution is 6.33. The molecule has 0 unspecified atom stereocenters. The van der Waals surface area contributed by atoms with E-state index >= 15 is 0 Å². The lowest BCUT2D eigenvalue weighted by atomic mass is 10.2. The number of halogens is 1. The predicted molar refractivity (Wildman–Crippen MR) is 72.6 cm³/mol. The summed E-state index contributed by atoms with van der Waals surface area (Å²) in [6, 6.07) is 1.34. The largest absolute Gasteiger partial charge is 0.478 e. The lowest BCUT2D eigenvalue weighted by Crippen LogP contribution is -2.26. The van der Waals surface area contributed by atoms with Crippen LogP contribution >= 0.6 is 11.6 Å². The van der Waals surface area contributed by atoms with E-state index in [9.17, 15) is 9.59 Å². The van der Waals surface area contributed by atoms with Crippen LogP contribution in [0.1, 0.15) is 30.1 Å². The quantitative estimate of drug-likeness (QED) is 0.710. The number of pyridine rings is 1. The van der Waals surface area contributed by atoms with E-state index in [0.29, 0.717) is 25.3 Å².